The largest absolute Gasteiger partial charge is 0.481 e. The van der Waals surface area contributed by atoms with E-state index in [9.17, 15) is 23.1 Å². The zero-order chi connectivity index (χ0) is 18.6. The summed E-state index contributed by atoms with van der Waals surface area (Å²) in [7, 11) is 0. The second kappa shape index (κ2) is 6.28. The number of halogens is 4. The maximum atomic E-state index is 12.9. The van der Waals surface area contributed by atoms with Gasteiger partial charge in [-0.05, 0) is 60.9 Å². The van der Waals surface area contributed by atoms with Crippen molar-refractivity contribution in [2.45, 2.75) is 23.4 Å². The Hall–Kier alpha value is -1.51. The van der Waals surface area contributed by atoms with E-state index in [4.69, 9.17) is 4.74 Å². The van der Waals surface area contributed by atoms with Crippen molar-refractivity contribution in [2.24, 2.45) is 23.7 Å². The van der Waals surface area contributed by atoms with Crippen LogP contribution in [0.1, 0.15) is 24.0 Å². The van der Waals surface area contributed by atoms with E-state index in [0.717, 1.165) is 25.0 Å². The van der Waals surface area contributed by atoms with Gasteiger partial charge in [0.25, 0.3) is 0 Å². The molecule has 0 aromatic heterocycles. The number of aliphatic carboxylic acids is 1. The molecule has 7 heteroatoms. The summed E-state index contributed by atoms with van der Waals surface area (Å²) in [5.41, 5.74) is 1.03. The summed E-state index contributed by atoms with van der Waals surface area (Å²) in [6, 6.07) is 3.53. The number of allylic oxidation sites excluding steroid dienone is 3. The van der Waals surface area contributed by atoms with Crippen LogP contribution < -0.4 is 4.74 Å². The van der Waals surface area contributed by atoms with E-state index in [1.54, 1.807) is 0 Å². The van der Waals surface area contributed by atoms with Gasteiger partial charge in [-0.3, -0.25) is 4.79 Å². The quantitative estimate of drug-likeness (QED) is 0.480. The Balaban J connectivity index is 1.50. The van der Waals surface area contributed by atoms with E-state index in [0.29, 0.717) is 21.5 Å². The standard InChI is InChI=1S/C19H16F3IO3/c20-19(21,22)11-1-4-15(10(5-11)8-23)26-12-2-3-13-9(6-12)7-14-16(13)17(14)18(24)25/h1-2,4-6,13-14,16-17H,3,7-8H2,(H,24,25)/t13?,14-,16+,17+/m1/s1. The van der Waals surface area contributed by atoms with Gasteiger partial charge < -0.3 is 9.84 Å². The summed E-state index contributed by atoms with van der Waals surface area (Å²) in [6.45, 7) is 0. The van der Waals surface area contributed by atoms with Gasteiger partial charge in [0.2, 0.25) is 0 Å². The number of hydrogen-bond donors (Lipinski definition) is 1. The molecule has 26 heavy (non-hydrogen) atoms. The summed E-state index contributed by atoms with van der Waals surface area (Å²) in [4.78, 5) is 11.2. The molecule has 0 bridgehead atoms. The van der Waals surface area contributed by atoms with Crippen LogP contribution in [0.3, 0.4) is 0 Å². The molecule has 138 valence electrons. The molecule has 3 aliphatic carbocycles. The van der Waals surface area contributed by atoms with Crippen molar-refractivity contribution in [3.05, 3.63) is 52.8 Å². The zero-order valence-corrected chi connectivity index (χ0v) is 15.8. The minimum Gasteiger partial charge on any atom is -0.481 e. The van der Waals surface area contributed by atoms with Crippen molar-refractivity contribution in [2.75, 3.05) is 0 Å². The number of hydrogen-bond acceptors (Lipinski definition) is 2. The van der Waals surface area contributed by atoms with Crippen LogP contribution in [0.2, 0.25) is 0 Å². The predicted molar refractivity (Wildman–Crippen MR) is 96.8 cm³/mol. The number of fused-ring (bicyclic) bond motifs is 3. The van der Waals surface area contributed by atoms with Gasteiger partial charge in [-0.15, -0.1) is 0 Å². The van der Waals surface area contributed by atoms with Crippen molar-refractivity contribution in [3.63, 3.8) is 0 Å². The fourth-order valence-corrected chi connectivity index (χ4v) is 4.94. The average molecular weight is 476 g/mol. The molecule has 4 atom stereocenters. The molecule has 1 aromatic carbocycles. The Morgan fingerprint density at radius 3 is 2.77 bits per heavy atom. The van der Waals surface area contributed by atoms with Crippen molar-refractivity contribution in [3.8, 4) is 5.75 Å². The van der Waals surface area contributed by atoms with Crippen LogP contribution >= 0.6 is 22.6 Å². The molecule has 1 N–H and O–H groups in total. The van der Waals surface area contributed by atoms with Crippen molar-refractivity contribution >= 4 is 28.6 Å². The van der Waals surface area contributed by atoms with Crippen molar-refractivity contribution < 1.29 is 27.8 Å². The van der Waals surface area contributed by atoms with Gasteiger partial charge in [-0.2, -0.15) is 13.2 Å². The van der Waals surface area contributed by atoms with E-state index in [-0.39, 0.29) is 23.7 Å². The second-order valence-electron chi connectivity index (χ2n) is 7.03. The van der Waals surface area contributed by atoms with Gasteiger partial charge >= 0.3 is 12.1 Å². The molecule has 0 saturated heterocycles. The first-order valence-corrected chi connectivity index (χ1v) is 9.89. The average Bonchev–Trinajstić information content (AvgIpc) is 3.17. The third-order valence-corrected chi connectivity index (χ3v) is 6.41. The summed E-state index contributed by atoms with van der Waals surface area (Å²) in [6.07, 6.45) is 0.992. The molecule has 0 heterocycles. The van der Waals surface area contributed by atoms with Gasteiger partial charge in [0.1, 0.15) is 11.5 Å². The minimum atomic E-state index is -4.37. The molecular weight excluding hydrogens is 460 g/mol. The molecule has 1 aromatic rings. The highest BCUT2D eigenvalue weighted by atomic mass is 127. The number of carbonyl (C=O) groups is 1. The zero-order valence-electron chi connectivity index (χ0n) is 13.6. The molecule has 0 amide bonds. The number of alkyl halides is 4. The first kappa shape index (κ1) is 17.9. The van der Waals surface area contributed by atoms with Crippen LogP contribution in [0.5, 0.6) is 5.75 Å². The fourth-order valence-electron chi connectivity index (χ4n) is 4.35. The van der Waals surface area contributed by atoms with E-state index < -0.39 is 17.7 Å². The molecule has 4 rings (SSSR count). The fraction of sp³-hybridized carbons (Fsp3) is 0.421. The van der Waals surface area contributed by atoms with Gasteiger partial charge in [-0.25, -0.2) is 0 Å². The van der Waals surface area contributed by atoms with Crippen LogP contribution in [-0.2, 0) is 15.4 Å². The lowest BCUT2D eigenvalue weighted by Crippen LogP contribution is -2.14. The lowest BCUT2D eigenvalue weighted by molar-refractivity contribution is -0.139. The Kier molecular flexibility index (Phi) is 4.32. The van der Waals surface area contributed by atoms with Crippen molar-refractivity contribution in [1.82, 2.24) is 0 Å². The first-order valence-electron chi connectivity index (χ1n) is 8.37. The van der Waals surface area contributed by atoms with Gasteiger partial charge in [0.15, 0.2) is 0 Å². The summed E-state index contributed by atoms with van der Waals surface area (Å²) < 4.78 is 44.9. The number of ether oxygens (including phenoxy) is 1. The van der Waals surface area contributed by atoms with Gasteiger partial charge in [-0.1, -0.05) is 28.2 Å². The molecule has 0 aliphatic heterocycles. The molecule has 0 radical (unpaired) electrons. The Morgan fingerprint density at radius 2 is 2.12 bits per heavy atom. The number of rotatable bonds is 4. The molecule has 1 unspecified atom stereocenters. The molecule has 0 spiro atoms. The highest BCUT2D eigenvalue weighted by Crippen LogP contribution is 2.64. The van der Waals surface area contributed by atoms with Crippen molar-refractivity contribution in [1.29, 1.82) is 0 Å². The monoisotopic (exact) mass is 476 g/mol. The summed E-state index contributed by atoms with van der Waals surface area (Å²) in [5, 5.41) is 9.19. The predicted octanol–water partition coefficient (Wildman–Crippen LogP) is 5.20. The van der Waals surface area contributed by atoms with Gasteiger partial charge in [0.05, 0.1) is 11.5 Å². The number of carboxylic acid groups (broad SMARTS) is 1. The summed E-state index contributed by atoms with van der Waals surface area (Å²) in [5.74, 6) is 0.871. The highest BCUT2D eigenvalue weighted by molar-refractivity contribution is 14.1. The Morgan fingerprint density at radius 1 is 1.35 bits per heavy atom. The van der Waals surface area contributed by atoms with E-state index in [1.807, 2.05) is 34.7 Å². The van der Waals surface area contributed by atoms with Gasteiger partial charge in [0, 0.05) is 9.99 Å². The lowest BCUT2D eigenvalue weighted by atomic mass is 9.87. The molecule has 3 nitrogen and oxygen atoms in total. The van der Waals surface area contributed by atoms with Crippen LogP contribution in [-0.4, -0.2) is 11.1 Å². The molecule has 3 aliphatic rings. The summed E-state index contributed by atoms with van der Waals surface area (Å²) >= 11 is 2.02. The smallest absolute Gasteiger partial charge is 0.416 e. The van der Waals surface area contributed by atoms with Crippen LogP contribution in [0.15, 0.2) is 41.7 Å². The third kappa shape index (κ3) is 3.04. The lowest BCUT2D eigenvalue weighted by Gasteiger charge is -2.22. The van der Waals surface area contributed by atoms with E-state index >= 15 is 0 Å². The van der Waals surface area contributed by atoms with Crippen LogP contribution in [0.25, 0.3) is 0 Å². The number of benzene rings is 1. The normalized spacial score (nSPS) is 29.4. The molecule has 2 saturated carbocycles. The maximum absolute atomic E-state index is 12.9. The SMILES string of the molecule is O=C(O)[C@H]1[C@@H]2CC3=CC(Oc4ccc(C(F)(F)F)cc4CI)=CCC3[C@@H]21. The number of carboxylic acids is 1. The topological polar surface area (TPSA) is 46.5 Å². The van der Waals surface area contributed by atoms with Crippen LogP contribution in [0.4, 0.5) is 13.2 Å². The van der Waals surface area contributed by atoms with E-state index in [1.165, 1.54) is 11.6 Å². The molecular formula is C19H16F3IO3. The van der Waals surface area contributed by atoms with Crippen LogP contribution in [0, 0.1) is 23.7 Å². The minimum absolute atomic E-state index is 0.214. The molecule has 2 fully saturated rings. The Bertz CT molecular complexity index is 828. The highest BCUT2D eigenvalue weighted by Gasteiger charge is 2.63. The first-order chi connectivity index (χ1) is 12.3. The van der Waals surface area contributed by atoms with E-state index in [2.05, 4.69) is 0 Å². The maximum Gasteiger partial charge on any atom is 0.416 e. The third-order valence-electron chi connectivity index (χ3n) is 5.59. The second-order valence-corrected chi connectivity index (χ2v) is 7.80. The Labute approximate surface area is 162 Å².